The summed E-state index contributed by atoms with van der Waals surface area (Å²) >= 11 is 0. The second-order valence-corrected chi connectivity index (χ2v) is 4.47. The molecule has 0 spiro atoms. The summed E-state index contributed by atoms with van der Waals surface area (Å²) < 4.78 is 5.45. The summed E-state index contributed by atoms with van der Waals surface area (Å²) in [6, 6.07) is 11.0. The van der Waals surface area contributed by atoms with Crippen molar-refractivity contribution in [2.24, 2.45) is 0 Å². The Labute approximate surface area is 115 Å². The van der Waals surface area contributed by atoms with Crippen molar-refractivity contribution in [3.63, 3.8) is 0 Å². The highest BCUT2D eigenvalue weighted by Crippen LogP contribution is 2.17. The van der Waals surface area contributed by atoms with Gasteiger partial charge in [-0.1, -0.05) is 12.1 Å². The zero-order chi connectivity index (χ0) is 13.9. The number of pyridine rings is 1. The fourth-order valence-corrected chi connectivity index (χ4v) is 2.00. The number of aromatic nitrogens is 2. The second kappa shape index (κ2) is 5.13. The molecule has 0 aliphatic rings. The number of benzene rings is 1. The van der Waals surface area contributed by atoms with Gasteiger partial charge in [-0.3, -0.25) is 4.79 Å². The van der Waals surface area contributed by atoms with E-state index in [1.165, 1.54) is 0 Å². The summed E-state index contributed by atoms with van der Waals surface area (Å²) in [4.78, 5) is 20.2. The van der Waals surface area contributed by atoms with E-state index in [9.17, 15) is 4.79 Å². The third kappa shape index (κ3) is 2.66. The summed E-state index contributed by atoms with van der Waals surface area (Å²) in [5.41, 5.74) is 2.38. The van der Waals surface area contributed by atoms with Crippen LogP contribution in [0.4, 0.5) is 5.82 Å². The fraction of sp³-hybridized carbons (Fsp3) is 0.133. The quantitative estimate of drug-likeness (QED) is 0.792. The number of oxazole rings is 1. The lowest BCUT2D eigenvalue weighted by atomic mass is 10.1. The highest BCUT2D eigenvalue weighted by molar-refractivity contribution is 5.91. The van der Waals surface area contributed by atoms with Crippen molar-refractivity contribution in [3.05, 3.63) is 54.0 Å². The number of carbonyl (C=O) groups is 1. The summed E-state index contributed by atoms with van der Waals surface area (Å²) in [5, 5.41) is 2.75. The smallest absolute Gasteiger partial charge is 0.229 e. The zero-order valence-corrected chi connectivity index (χ0v) is 11.0. The molecule has 0 radical (unpaired) electrons. The van der Waals surface area contributed by atoms with Crippen LogP contribution in [-0.2, 0) is 11.2 Å². The van der Waals surface area contributed by atoms with Gasteiger partial charge in [0, 0.05) is 13.1 Å². The van der Waals surface area contributed by atoms with E-state index in [4.69, 9.17) is 4.42 Å². The van der Waals surface area contributed by atoms with E-state index >= 15 is 0 Å². The highest BCUT2D eigenvalue weighted by atomic mass is 16.3. The van der Waals surface area contributed by atoms with Crippen LogP contribution in [0.15, 0.2) is 47.0 Å². The zero-order valence-electron chi connectivity index (χ0n) is 11.0. The highest BCUT2D eigenvalue weighted by Gasteiger charge is 2.07. The van der Waals surface area contributed by atoms with Gasteiger partial charge in [0.15, 0.2) is 11.5 Å². The van der Waals surface area contributed by atoms with Crippen LogP contribution in [0.5, 0.6) is 0 Å². The van der Waals surface area contributed by atoms with Crippen LogP contribution in [0, 0.1) is 6.92 Å². The maximum Gasteiger partial charge on any atom is 0.229 e. The molecule has 2 heterocycles. The van der Waals surface area contributed by atoms with Crippen LogP contribution in [0.2, 0.25) is 0 Å². The Morgan fingerprint density at radius 2 is 2.20 bits per heavy atom. The van der Waals surface area contributed by atoms with Gasteiger partial charge in [0.05, 0.1) is 6.42 Å². The number of amides is 1. The molecule has 20 heavy (non-hydrogen) atoms. The first-order valence-corrected chi connectivity index (χ1v) is 6.28. The number of aryl methyl sites for hydroxylation is 1. The average Bonchev–Trinajstić information content (AvgIpc) is 2.79. The Kier molecular flexibility index (Phi) is 3.16. The van der Waals surface area contributed by atoms with Gasteiger partial charge in [-0.2, -0.15) is 0 Å². The number of hydrogen-bond acceptors (Lipinski definition) is 4. The minimum Gasteiger partial charge on any atom is -0.441 e. The molecule has 0 aliphatic heterocycles. The van der Waals surface area contributed by atoms with Crippen LogP contribution < -0.4 is 5.32 Å². The van der Waals surface area contributed by atoms with E-state index in [0.29, 0.717) is 17.3 Å². The van der Waals surface area contributed by atoms with E-state index in [2.05, 4.69) is 15.3 Å². The number of hydrogen-bond donors (Lipinski definition) is 1. The van der Waals surface area contributed by atoms with Crippen molar-refractivity contribution < 1.29 is 9.21 Å². The van der Waals surface area contributed by atoms with Crippen LogP contribution in [-0.4, -0.2) is 15.9 Å². The van der Waals surface area contributed by atoms with Crippen LogP contribution >= 0.6 is 0 Å². The minimum absolute atomic E-state index is 0.112. The van der Waals surface area contributed by atoms with E-state index in [1.54, 1.807) is 25.3 Å². The maximum absolute atomic E-state index is 11.9. The largest absolute Gasteiger partial charge is 0.441 e. The molecule has 0 unspecified atom stereocenters. The number of nitrogens with zero attached hydrogens (tertiary/aromatic N) is 2. The van der Waals surface area contributed by atoms with Crippen LogP contribution in [0.1, 0.15) is 11.5 Å². The molecule has 0 aliphatic carbocycles. The first kappa shape index (κ1) is 12.3. The number of anilines is 1. The molecule has 2 aromatic heterocycles. The van der Waals surface area contributed by atoms with E-state index < -0.39 is 0 Å². The van der Waals surface area contributed by atoms with Gasteiger partial charge in [0.2, 0.25) is 5.91 Å². The van der Waals surface area contributed by atoms with Gasteiger partial charge in [-0.25, -0.2) is 9.97 Å². The van der Waals surface area contributed by atoms with E-state index in [1.807, 2.05) is 24.3 Å². The standard InChI is InChI=1S/C15H13N3O2/c1-10-17-12-6-5-11(8-13(12)20-10)9-15(19)18-14-4-2-3-7-16-14/h2-8H,9H2,1H3,(H,16,18,19). The lowest BCUT2D eigenvalue weighted by Gasteiger charge is -2.03. The molecule has 0 bridgehead atoms. The predicted octanol–water partition coefficient (Wildman–Crippen LogP) is 2.71. The molecule has 1 amide bonds. The second-order valence-electron chi connectivity index (χ2n) is 4.47. The summed E-state index contributed by atoms with van der Waals surface area (Å²) in [5.74, 6) is 1.06. The van der Waals surface area contributed by atoms with Crippen LogP contribution in [0.25, 0.3) is 11.1 Å². The third-order valence-electron chi connectivity index (χ3n) is 2.86. The Balaban J connectivity index is 1.74. The number of nitrogens with one attached hydrogen (secondary N) is 1. The summed E-state index contributed by atoms with van der Waals surface area (Å²) in [7, 11) is 0. The number of carbonyl (C=O) groups excluding carboxylic acids is 1. The Morgan fingerprint density at radius 1 is 1.30 bits per heavy atom. The van der Waals surface area contributed by atoms with Crippen molar-refractivity contribution in [3.8, 4) is 0 Å². The average molecular weight is 267 g/mol. The molecule has 0 atom stereocenters. The topological polar surface area (TPSA) is 68.0 Å². The van der Waals surface area contributed by atoms with Gasteiger partial charge in [0.1, 0.15) is 11.3 Å². The van der Waals surface area contributed by atoms with Crippen molar-refractivity contribution in [2.45, 2.75) is 13.3 Å². The summed E-state index contributed by atoms with van der Waals surface area (Å²) in [6.45, 7) is 1.80. The Morgan fingerprint density at radius 3 is 3.00 bits per heavy atom. The SMILES string of the molecule is Cc1nc2ccc(CC(=O)Nc3ccccn3)cc2o1. The predicted molar refractivity (Wildman–Crippen MR) is 75.3 cm³/mol. The molecule has 3 rings (SSSR count). The molecule has 0 saturated carbocycles. The van der Waals surface area contributed by atoms with Gasteiger partial charge in [-0.05, 0) is 29.8 Å². The van der Waals surface area contributed by atoms with Gasteiger partial charge in [-0.15, -0.1) is 0 Å². The summed E-state index contributed by atoms with van der Waals surface area (Å²) in [6.07, 6.45) is 1.91. The lowest BCUT2D eigenvalue weighted by Crippen LogP contribution is -2.15. The Hall–Kier alpha value is -2.69. The van der Waals surface area contributed by atoms with Crippen molar-refractivity contribution in [1.82, 2.24) is 9.97 Å². The normalized spacial score (nSPS) is 10.7. The molecule has 5 nitrogen and oxygen atoms in total. The van der Waals surface area contributed by atoms with Gasteiger partial charge >= 0.3 is 0 Å². The molecule has 5 heteroatoms. The molecular formula is C15H13N3O2. The van der Waals surface area contributed by atoms with Gasteiger partial charge in [0.25, 0.3) is 0 Å². The number of rotatable bonds is 3. The van der Waals surface area contributed by atoms with Gasteiger partial charge < -0.3 is 9.73 Å². The lowest BCUT2D eigenvalue weighted by molar-refractivity contribution is -0.115. The van der Waals surface area contributed by atoms with Crippen molar-refractivity contribution >= 4 is 22.8 Å². The molecule has 1 N–H and O–H groups in total. The van der Waals surface area contributed by atoms with E-state index in [0.717, 1.165) is 11.1 Å². The molecule has 100 valence electrons. The first-order chi connectivity index (χ1) is 9.70. The fourth-order valence-electron chi connectivity index (χ4n) is 2.00. The molecular weight excluding hydrogens is 254 g/mol. The van der Waals surface area contributed by atoms with Crippen molar-refractivity contribution in [1.29, 1.82) is 0 Å². The monoisotopic (exact) mass is 267 g/mol. The first-order valence-electron chi connectivity index (χ1n) is 6.28. The minimum atomic E-state index is -0.112. The molecule has 0 saturated heterocycles. The Bertz CT molecular complexity index is 750. The molecule has 0 fully saturated rings. The molecule has 1 aromatic carbocycles. The third-order valence-corrected chi connectivity index (χ3v) is 2.86. The maximum atomic E-state index is 11.9. The van der Waals surface area contributed by atoms with Crippen LogP contribution in [0.3, 0.4) is 0 Å². The van der Waals surface area contributed by atoms with E-state index in [-0.39, 0.29) is 12.3 Å². The number of fused-ring (bicyclic) bond motifs is 1. The van der Waals surface area contributed by atoms with Crippen molar-refractivity contribution in [2.75, 3.05) is 5.32 Å². The molecule has 3 aromatic rings.